The average Bonchev–Trinajstić information content (AvgIpc) is 3.32. The lowest BCUT2D eigenvalue weighted by Gasteiger charge is -2.38. The normalized spacial score (nSPS) is 18.6. The molecule has 200 valence electrons. The molecule has 0 unspecified atom stereocenters. The van der Waals surface area contributed by atoms with Crippen molar-refractivity contribution in [2.45, 2.75) is 52.1 Å². The van der Waals surface area contributed by atoms with Crippen molar-refractivity contribution in [3.63, 3.8) is 0 Å². The fourth-order valence-electron chi connectivity index (χ4n) is 5.59. The SMILES string of the molecule is C/C=C\N=C(C)c1nc2cc(Br)ccc2n1C1CCN(C(=O)C2CCN(Cc3cnc(N)nc3)CC2)CC1. The van der Waals surface area contributed by atoms with Crippen LogP contribution in [0.3, 0.4) is 0 Å². The Morgan fingerprint density at radius 2 is 1.84 bits per heavy atom. The fraction of sp³-hybridized carbons (Fsp3) is 0.464. The van der Waals surface area contributed by atoms with E-state index in [2.05, 4.69) is 63.5 Å². The Kier molecular flexibility index (Phi) is 8.18. The molecule has 10 heteroatoms. The van der Waals surface area contributed by atoms with Crippen LogP contribution in [0.5, 0.6) is 0 Å². The zero-order valence-electron chi connectivity index (χ0n) is 22.1. The molecule has 38 heavy (non-hydrogen) atoms. The molecule has 0 saturated carbocycles. The highest BCUT2D eigenvalue weighted by molar-refractivity contribution is 9.10. The number of piperidine rings is 2. The Bertz CT molecular complexity index is 1330. The van der Waals surface area contributed by atoms with E-state index in [9.17, 15) is 4.79 Å². The average molecular weight is 580 g/mol. The molecule has 0 radical (unpaired) electrons. The summed E-state index contributed by atoms with van der Waals surface area (Å²) < 4.78 is 3.35. The molecule has 0 atom stereocenters. The number of fused-ring (bicyclic) bond motifs is 1. The van der Waals surface area contributed by atoms with Gasteiger partial charge in [0.1, 0.15) is 0 Å². The molecule has 1 aromatic carbocycles. The first-order valence-corrected chi connectivity index (χ1v) is 14.1. The van der Waals surface area contributed by atoms with Gasteiger partial charge in [0, 0.05) is 60.2 Å². The van der Waals surface area contributed by atoms with Gasteiger partial charge in [-0.3, -0.25) is 14.7 Å². The predicted molar refractivity (Wildman–Crippen MR) is 154 cm³/mol. The van der Waals surface area contributed by atoms with Crippen LogP contribution in [0.1, 0.15) is 57.0 Å². The maximum absolute atomic E-state index is 13.4. The Hall–Kier alpha value is -3.11. The van der Waals surface area contributed by atoms with Crippen molar-refractivity contribution in [3.05, 3.63) is 58.7 Å². The minimum Gasteiger partial charge on any atom is -0.368 e. The highest BCUT2D eigenvalue weighted by Gasteiger charge is 2.32. The minimum absolute atomic E-state index is 0.0997. The van der Waals surface area contributed by atoms with Crippen molar-refractivity contribution in [2.75, 3.05) is 31.9 Å². The number of hydrogen-bond acceptors (Lipinski definition) is 7. The number of carbonyl (C=O) groups excluding carboxylic acids is 1. The third kappa shape index (κ3) is 5.81. The second-order valence-electron chi connectivity index (χ2n) is 10.2. The molecule has 2 aliphatic heterocycles. The molecule has 2 aliphatic rings. The van der Waals surface area contributed by atoms with Crippen LogP contribution in [-0.2, 0) is 11.3 Å². The third-order valence-electron chi connectivity index (χ3n) is 7.60. The van der Waals surface area contributed by atoms with Gasteiger partial charge in [-0.25, -0.2) is 15.0 Å². The Balaban J connectivity index is 1.22. The van der Waals surface area contributed by atoms with Gasteiger partial charge in [0.15, 0.2) is 5.82 Å². The number of likely N-dealkylation sites (tertiary alicyclic amines) is 2. The Labute approximate surface area is 232 Å². The summed E-state index contributed by atoms with van der Waals surface area (Å²) in [5.41, 5.74) is 9.61. The number of hydrogen-bond donors (Lipinski definition) is 1. The molecule has 9 nitrogen and oxygen atoms in total. The second-order valence-corrected chi connectivity index (χ2v) is 11.1. The molecule has 2 fully saturated rings. The van der Waals surface area contributed by atoms with Crippen molar-refractivity contribution in [3.8, 4) is 0 Å². The quantitative estimate of drug-likeness (QED) is 0.429. The largest absolute Gasteiger partial charge is 0.368 e. The lowest BCUT2D eigenvalue weighted by molar-refractivity contribution is -0.138. The van der Waals surface area contributed by atoms with E-state index in [1.165, 1.54) is 0 Å². The molecule has 5 rings (SSSR count). The smallest absolute Gasteiger partial charge is 0.225 e. The van der Waals surface area contributed by atoms with E-state index >= 15 is 0 Å². The number of carbonyl (C=O) groups is 1. The molecule has 1 amide bonds. The molecule has 0 spiro atoms. The van der Waals surface area contributed by atoms with E-state index in [1.807, 2.05) is 26.1 Å². The van der Waals surface area contributed by atoms with Crippen LogP contribution in [-0.4, -0.2) is 67.1 Å². The molecule has 2 N–H and O–H groups in total. The van der Waals surface area contributed by atoms with Crippen molar-refractivity contribution in [1.29, 1.82) is 0 Å². The molecular weight excluding hydrogens is 544 g/mol. The van der Waals surface area contributed by atoms with Gasteiger partial charge in [-0.05, 0) is 70.8 Å². The summed E-state index contributed by atoms with van der Waals surface area (Å²) in [7, 11) is 0. The van der Waals surface area contributed by atoms with Crippen LogP contribution in [0, 0.1) is 5.92 Å². The summed E-state index contributed by atoms with van der Waals surface area (Å²) in [5.74, 6) is 1.61. The topological polar surface area (TPSA) is 106 Å². The third-order valence-corrected chi connectivity index (χ3v) is 8.10. The van der Waals surface area contributed by atoms with Crippen LogP contribution in [0.2, 0.25) is 0 Å². The summed E-state index contributed by atoms with van der Waals surface area (Å²) in [6.07, 6.45) is 10.9. The predicted octanol–water partition coefficient (Wildman–Crippen LogP) is 4.59. The lowest BCUT2D eigenvalue weighted by atomic mass is 9.93. The van der Waals surface area contributed by atoms with Crippen LogP contribution in [0.4, 0.5) is 5.95 Å². The van der Waals surface area contributed by atoms with Crippen molar-refractivity contribution in [2.24, 2.45) is 10.9 Å². The van der Waals surface area contributed by atoms with Gasteiger partial charge >= 0.3 is 0 Å². The van der Waals surface area contributed by atoms with Gasteiger partial charge in [0.25, 0.3) is 0 Å². The second kappa shape index (κ2) is 11.7. The number of aromatic nitrogens is 4. The van der Waals surface area contributed by atoms with Gasteiger partial charge < -0.3 is 15.2 Å². The number of halogens is 1. The molecule has 3 aromatic rings. The highest BCUT2D eigenvalue weighted by Crippen LogP contribution is 2.32. The number of amides is 1. The molecule has 4 heterocycles. The molecule has 0 aliphatic carbocycles. The van der Waals surface area contributed by atoms with Crippen molar-refractivity contribution in [1.82, 2.24) is 29.3 Å². The summed E-state index contributed by atoms with van der Waals surface area (Å²) in [5, 5.41) is 0. The van der Waals surface area contributed by atoms with Crippen LogP contribution < -0.4 is 5.73 Å². The Morgan fingerprint density at radius 1 is 1.13 bits per heavy atom. The lowest BCUT2D eigenvalue weighted by Crippen LogP contribution is -2.45. The highest BCUT2D eigenvalue weighted by atomic mass is 79.9. The summed E-state index contributed by atoms with van der Waals surface area (Å²) in [6.45, 7) is 8.12. The summed E-state index contributed by atoms with van der Waals surface area (Å²) >= 11 is 3.58. The van der Waals surface area contributed by atoms with Gasteiger partial charge in [-0.2, -0.15) is 0 Å². The van der Waals surface area contributed by atoms with E-state index in [-0.39, 0.29) is 12.0 Å². The zero-order chi connectivity index (χ0) is 26.6. The summed E-state index contributed by atoms with van der Waals surface area (Å²) in [6, 6.07) is 6.53. The van der Waals surface area contributed by atoms with Gasteiger partial charge in [-0.1, -0.05) is 22.0 Å². The van der Waals surface area contributed by atoms with Gasteiger partial charge in [0.05, 0.1) is 16.7 Å². The van der Waals surface area contributed by atoms with Gasteiger partial charge in [0.2, 0.25) is 11.9 Å². The summed E-state index contributed by atoms with van der Waals surface area (Å²) in [4.78, 5) is 35.6. The first kappa shape index (κ1) is 26.5. The van der Waals surface area contributed by atoms with Crippen LogP contribution in [0.15, 0.2) is 52.3 Å². The van der Waals surface area contributed by atoms with E-state index in [0.29, 0.717) is 11.9 Å². The van der Waals surface area contributed by atoms with E-state index in [4.69, 9.17) is 10.7 Å². The zero-order valence-corrected chi connectivity index (χ0v) is 23.6. The fourth-order valence-corrected chi connectivity index (χ4v) is 5.94. The number of nitrogens with zero attached hydrogens (tertiary/aromatic N) is 7. The number of nitrogens with two attached hydrogens (primary N) is 1. The number of nitrogen functional groups attached to an aromatic ring is 1. The van der Waals surface area contributed by atoms with Crippen LogP contribution in [0.25, 0.3) is 11.0 Å². The van der Waals surface area contributed by atoms with Crippen molar-refractivity contribution >= 4 is 44.5 Å². The maximum atomic E-state index is 13.4. The minimum atomic E-state index is 0.0997. The molecule has 2 aromatic heterocycles. The number of rotatable bonds is 6. The number of imidazole rings is 1. The molecule has 0 bridgehead atoms. The number of benzene rings is 1. The monoisotopic (exact) mass is 578 g/mol. The number of anilines is 1. The molecular formula is C28H35BrN8O. The van der Waals surface area contributed by atoms with E-state index in [1.54, 1.807) is 12.4 Å². The Morgan fingerprint density at radius 3 is 2.53 bits per heavy atom. The maximum Gasteiger partial charge on any atom is 0.225 e. The standard InChI is InChI=1S/C28H35BrN8O/c1-3-10-31-19(2)26-34-24-15-22(29)4-5-25(24)37(26)23-8-13-36(14-9-23)27(38)21-6-11-35(12-7-21)18-20-16-32-28(30)33-17-20/h3-5,10,15-17,21,23H,6-9,11-14,18H2,1-2H3,(H2,30,32,33)/b10-3-,31-19?. The van der Waals surface area contributed by atoms with Crippen molar-refractivity contribution < 1.29 is 4.79 Å². The van der Waals surface area contributed by atoms with Gasteiger partial charge in [-0.15, -0.1) is 0 Å². The van der Waals surface area contributed by atoms with E-state index < -0.39 is 0 Å². The number of allylic oxidation sites excluding steroid dienone is 1. The first-order valence-electron chi connectivity index (χ1n) is 13.3. The number of aliphatic imine (C=N–C) groups is 1. The van der Waals surface area contributed by atoms with E-state index in [0.717, 1.165) is 91.0 Å². The van der Waals surface area contributed by atoms with Crippen LogP contribution >= 0.6 is 15.9 Å². The molecule has 2 saturated heterocycles. The first-order chi connectivity index (χ1) is 18.4.